The van der Waals surface area contributed by atoms with Gasteiger partial charge in [-0.15, -0.1) is 0 Å². The van der Waals surface area contributed by atoms with Gasteiger partial charge in [0.1, 0.15) is 5.52 Å². The lowest BCUT2D eigenvalue weighted by atomic mass is 10.3. The minimum atomic E-state index is 1.03. The summed E-state index contributed by atoms with van der Waals surface area (Å²) in [5.41, 5.74) is 2.16. The molecule has 0 amide bonds. The molecule has 0 aliphatic carbocycles. The number of aryl methyl sites for hydroxylation is 1. The molecule has 0 atom stereocenters. The van der Waals surface area contributed by atoms with E-state index in [1.165, 1.54) is 0 Å². The fraction of sp³-hybridized carbons (Fsp3) is 0.455. The molecular weight excluding hydrogens is 254 g/mol. The highest BCUT2D eigenvalue weighted by Crippen LogP contribution is 2.18. The van der Waals surface area contributed by atoms with Crippen LogP contribution in [0.2, 0.25) is 0 Å². The van der Waals surface area contributed by atoms with E-state index in [9.17, 15) is 0 Å². The number of nitrogens with zero attached hydrogens (tertiary/aromatic N) is 3. The summed E-state index contributed by atoms with van der Waals surface area (Å²) in [7, 11) is 0. The Balaban J connectivity index is 0.000000442. The second kappa shape index (κ2) is 7.40. The molecule has 3 nitrogen and oxygen atoms in total. The number of hydrogen-bond donors (Lipinski definition) is 0. The largest absolute Gasteiger partial charge is 0.158 e. The lowest BCUT2D eigenvalue weighted by Gasteiger charge is -1.93. The highest BCUT2D eigenvalue weighted by atomic mass is 79.9. The summed E-state index contributed by atoms with van der Waals surface area (Å²) in [4.78, 5) is 0. The monoisotopic (exact) mass is 271 g/mol. The molecule has 0 N–H and O–H groups in total. The topological polar surface area (TPSA) is 30.2 Å². The minimum absolute atomic E-state index is 1.03. The molecule has 0 unspecified atom stereocenters. The van der Waals surface area contributed by atoms with Crippen LogP contribution in [-0.4, -0.2) is 14.8 Å². The van der Waals surface area contributed by atoms with Crippen LogP contribution >= 0.6 is 15.9 Å². The fourth-order valence-electron chi connectivity index (χ4n) is 1.03. The Bertz CT molecular complexity index is 396. The van der Waals surface area contributed by atoms with Gasteiger partial charge in [0.05, 0.1) is 12.4 Å². The first-order chi connectivity index (χ1) is 7.29. The van der Waals surface area contributed by atoms with E-state index >= 15 is 0 Å². The van der Waals surface area contributed by atoms with Crippen LogP contribution in [0, 0.1) is 6.92 Å². The summed E-state index contributed by atoms with van der Waals surface area (Å²) in [5.74, 6) is 0. The van der Waals surface area contributed by atoms with Crippen LogP contribution < -0.4 is 0 Å². The highest BCUT2D eigenvalue weighted by Gasteiger charge is 2.02. The van der Waals surface area contributed by atoms with E-state index in [4.69, 9.17) is 0 Å². The quantitative estimate of drug-likeness (QED) is 0.729. The van der Waals surface area contributed by atoms with E-state index in [1.54, 1.807) is 17.0 Å². The van der Waals surface area contributed by atoms with Gasteiger partial charge in [-0.2, -0.15) is 14.8 Å². The molecule has 0 saturated heterocycles. The molecule has 84 valence electrons. The molecule has 0 aromatic carbocycles. The first-order valence-corrected chi connectivity index (χ1v) is 6.03. The van der Waals surface area contributed by atoms with Crippen molar-refractivity contribution in [2.45, 2.75) is 34.6 Å². The van der Waals surface area contributed by atoms with Gasteiger partial charge >= 0.3 is 0 Å². The maximum absolute atomic E-state index is 4.05. The van der Waals surface area contributed by atoms with Crippen molar-refractivity contribution in [3.63, 3.8) is 0 Å². The third kappa shape index (κ3) is 3.30. The number of aromatic nitrogens is 3. The molecule has 0 fully saturated rings. The van der Waals surface area contributed by atoms with Gasteiger partial charge < -0.3 is 0 Å². The zero-order chi connectivity index (χ0) is 11.8. The molecule has 2 aromatic rings. The van der Waals surface area contributed by atoms with Crippen LogP contribution in [0.15, 0.2) is 22.9 Å². The van der Waals surface area contributed by atoms with E-state index in [0.717, 1.165) is 15.6 Å². The second-order valence-electron chi connectivity index (χ2n) is 2.34. The zero-order valence-corrected chi connectivity index (χ0v) is 11.5. The molecule has 2 aromatic heterocycles. The molecule has 2 rings (SSSR count). The number of rotatable bonds is 0. The van der Waals surface area contributed by atoms with Crippen molar-refractivity contribution in [1.82, 2.24) is 14.8 Å². The van der Waals surface area contributed by atoms with Crippen LogP contribution in [0.1, 0.15) is 33.3 Å². The van der Waals surface area contributed by atoms with Crippen molar-refractivity contribution < 1.29 is 0 Å². The predicted molar refractivity (Wildman–Crippen MR) is 68.1 cm³/mol. The third-order valence-corrected chi connectivity index (χ3v) is 2.20. The van der Waals surface area contributed by atoms with Gasteiger partial charge in [0.25, 0.3) is 0 Å². The molecule has 0 aliphatic heterocycles. The number of halogens is 1. The van der Waals surface area contributed by atoms with E-state index in [0.29, 0.717) is 0 Å². The van der Waals surface area contributed by atoms with Crippen molar-refractivity contribution in [3.05, 3.63) is 28.5 Å². The van der Waals surface area contributed by atoms with Crippen LogP contribution in [0.4, 0.5) is 0 Å². The fourth-order valence-corrected chi connectivity index (χ4v) is 1.62. The highest BCUT2D eigenvalue weighted by molar-refractivity contribution is 9.10. The summed E-state index contributed by atoms with van der Waals surface area (Å²) >= 11 is 3.43. The lowest BCUT2D eigenvalue weighted by Crippen LogP contribution is -1.91. The second-order valence-corrected chi connectivity index (χ2v) is 3.20. The average molecular weight is 272 g/mol. The van der Waals surface area contributed by atoms with Gasteiger partial charge in [-0.25, -0.2) is 0 Å². The SMILES string of the molecule is CC.CC.Cc1cnn2nccc(Br)c12. The molecule has 0 spiro atoms. The summed E-state index contributed by atoms with van der Waals surface area (Å²) < 4.78 is 2.64. The van der Waals surface area contributed by atoms with E-state index in [-0.39, 0.29) is 0 Å². The van der Waals surface area contributed by atoms with Crippen LogP contribution in [0.25, 0.3) is 5.52 Å². The molecule has 15 heavy (non-hydrogen) atoms. The molecule has 0 saturated carbocycles. The summed E-state index contributed by atoms with van der Waals surface area (Å²) in [6.45, 7) is 10.0. The first-order valence-electron chi connectivity index (χ1n) is 5.24. The summed E-state index contributed by atoms with van der Waals surface area (Å²) in [6, 6.07) is 1.91. The molecule has 2 heterocycles. The van der Waals surface area contributed by atoms with E-state index < -0.39 is 0 Å². The predicted octanol–water partition coefficient (Wildman–Crippen LogP) is 3.85. The smallest absolute Gasteiger partial charge is 0.104 e. The van der Waals surface area contributed by atoms with Crippen molar-refractivity contribution in [3.8, 4) is 0 Å². The minimum Gasteiger partial charge on any atom is -0.158 e. The third-order valence-electron chi connectivity index (χ3n) is 1.56. The van der Waals surface area contributed by atoms with Gasteiger partial charge in [0, 0.05) is 4.47 Å². The zero-order valence-electron chi connectivity index (χ0n) is 9.95. The van der Waals surface area contributed by atoms with E-state index in [2.05, 4.69) is 26.1 Å². The van der Waals surface area contributed by atoms with Crippen LogP contribution in [0.3, 0.4) is 0 Å². The van der Waals surface area contributed by atoms with Crippen LogP contribution in [0.5, 0.6) is 0 Å². The Morgan fingerprint density at radius 1 is 1.13 bits per heavy atom. The van der Waals surface area contributed by atoms with Gasteiger partial charge in [-0.05, 0) is 34.5 Å². The van der Waals surface area contributed by atoms with Crippen molar-refractivity contribution in [2.24, 2.45) is 0 Å². The average Bonchev–Trinajstić information content (AvgIpc) is 2.68. The van der Waals surface area contributed by atoms with Gasteiger partial charge in [0.15, 0.2) is 0 Å². The van der Waals surface area contributed by atoms with Gasteiger partial charge in [-0.1, -0.05) is 27.7 Å². The van der Waals surface area contributed by atoms with Gasteiger partial charge in [0.2, 0.25) is 0 Å². The Morgan fingerprint density at radius 2 is 1.73 bits per heavy atom. The number of fused-ring (bicyclic) bond motifs is 1. The molecule has 0 radical (unpaired) electrons. The van der Waals surface area contributed by atoms with Crippen LogP contribution in [-0.2, 0) is 0 Å². The van der Waals surface area contributed by atoms with Crippen molar-refractivity contribution in [1.29, 1.82) is 0 Å². The van der Waals surface area contributed by atoms with Crippen molar-refractivity contribution in [2.75, 3.05) is 0 Å². The summed E-state index contributed by atoms with van der Waals surface area (Å²) in [5, 5.41) is 8.09. The Kier molecular flexibility index (Phi) is 6.96. The van der Waals surface area contributed by atoms with Gasteiger partial charge in [-0.3, -0.25) is 0 Å². The normalized spacial score (nSPS) is 8.67. The Hall–Kier alpha value is -0.900. The maximum Gasteiger partial charge on any atom is 0.104 e. The number of hydrogen-bond acceptors (Lipinski definition) is 2. The Labute approximate surface area is 99.6 Å². The summed E-state index contributed by atoms with van der Waals surface area (Å²) in [6.07, 6.45) is 3.51. The Morgan fingerprint density at radius 3 is 2.27 bits per heavy atom. The standard InChI is InChI=1S/C7H6BrN3.2C2H6/c1-5-4-10-11-7(5)6(8)2-3-9-11;2*1-2/h2-4H,1H3;2*1-2H3. The molecule has 4 heteroatoms. The molecule has 0 aliphatic rings. The first kappa shape index (κ1) is 14.1. The maximum atomic E-state index is 4.05. The molecule has 0 bridgehead atoms. The molecular formula is C11H18BrN3. The van der Waals surface area contributed by atoms with Crippen molar-refractivity contribution >= 4 is 21.4 Å². The van der Waals surface area contributed by atoms with E-state index in [1.807, 2.05) is 40.7 Å². The lowest BCUT2D eigenvalue weighted by molar-refractivity contribution is 0.797.